The van der Waals surface area contributed by atoms with Gasteiger partial charge in [-0.3, -0.25) is 14.6 Å². The van der Waals surface area contributed by atoms with E-state index in [0.29, 0.717) is 0 Å². The molecule has 146 valence electrons. The average Bonchev–Trinajstić information content (AvgIpc) is 3.09. The summed E-state index contributed by atoms with van der Waals surface area (Å²) in [6.07, 6.45) is 10.8. The highest BCUT2D eigenvalue weighted by atomic mass is 15.3. The monoisotopic (exact) mass is 374 g/mol. The van der Waals surface area contributed by atoms with Crippen LogP contribution in [0.5, 0.6) is 0 Å². The molecule has 4 rings (SSSR count). The zero-order chi connectivity index (χ0) is 19.3. The number of hydrogen-bond acceptors (Lipinski definition) is 3. The molecule has 0 atom stereocenters. The van der Waals surface area contributed by atoms with Crippen molar-refractivity contribution in [2.24, 2.45) is 7.05 Å². The van der Waals surface area contributed by atoms with E-state index in [2.05, 4.69) is 53.5 Å². The van der Waals surface area contributed by atoms with E-state index in [1.807, 2.05) is 30.1 Å². The van der Waals surface area contributed by atoms with E-state index in [1.165, 1.54) is 48.8 Å². The number of rotatable bonds is 6. The topological polar surface area (TPSA) is 34.0 Å². The van der Waals surface area contributed by atoms with E-state index in [1.54, 1.807) is 0 Å². The van der Waals surface area contributed by atoms with Crippen LogP contribution in [0.4, 0.5) is 0 Å². The normalized spacial score (nSPS) is 15.2. The van der Waals surface area contributed by atoms with Crippen LogP contribution in [0.2, 0.25) is 0 Å². The highest BCUT2D eigenvalue weighted by Crippen LogP contribution is 2.34. The van der Waals surface area contributed by atoms with Crippen LogP contribution in [0.3, 0.4) is 0 Å². The Bertz CT molecular complexity index is 877. The molecule has 0 unspecified atom stereocenters. The maximum Gasteiger partial charge on any atom is 0.0968 e. The summed E-state index contributed by atoms with van der Waals surface area (Å²) < 4.78 is 1.92. The van der Waals surface area contributed by atoms with Gasteiger partial charge in [-0.05, 0) is 43.5 Å². The number of aromatic nitrogens is 3. The third-order valence-electron chi connectivity index (χ3n) is 5.76. The molecule has 1 saturated carbocycles. The van der Waals surface area contributed by atoms with Crippen LogP contribution >= 0.6 is 0 Å². The molecule has 28 heavy (non-hydrogen) atoms. The van der Waals surface area contributed by atoms with E-state index >= 15 is 0 Å². The third kappa shape index (κ3) is 4.50. The lowest BCUT2D eigenvalue weighted by Gasteiger charge is -2.22. The lowest BCUT2D eigenvalue weighted by Crippen LogP contribution is -2.18. The Morgan fingerprint density at radius 1 is 1.00 bits per heavy atom. The molecule has 0 bridgehead atoms. The van der Waals surface area contributed by atoms with Gasteiger partial charge in [0.1, 0.15) is 0 Å². The molecule has 2 aromatic heterocycles. The van der Waals surface area contributed by atoms with Crippen molar-refractivity contribution in [2.45, 2.75) is 51.1 Å². The second-order valence-corrected chi connectivity index (χ2v) is 8.13. The van der Waals surface area contributed by atoms with Crippen molar-refractivity contribution in [2.75, 3.05) is 7.05 Å². The Labute approximate surface area is 168 Å². The second-order valence-electron chi connectivity index (χ2n) is 8.13. The van der Waals surface area contributed by atoms with Gasteiger partial charge in [0.2, 0.25) is 0 Å². The highest BCUT2D eigenvalue weighted by Gasteiger charge is 2.17. The Morgan fingerprint density at radius 2 is 1.79 bits per heavy atom. The Kier molecular flexibility index (Phi) is 5.87. The molecule has 0 amide bonds. The molecule has 0 saturated heterocycles. The molecule has 4 heteroatoms. The first-order valence-electron chi connectivity index (χ1n) is 10.4. The lowest BCUT2D eigenvalue weighted by molar-refractivity contribution is 0.315. The molecular weight excluding hydrogens is 344 g/mol. The van der Waals surface area contributed by atoms with E-state index in [0.717, 1.165) is 30.4 Å². The molecule has 1 aliphatic rings. The number of aryl methyl sites for hydroxylation is 1. The van der Waals surface area contributed by atoms with Gasteiger partial charge in [-0.25, -0.2) is 0 Å². The fourth-order valence-corrected chi connectivity index (χ4v) is 4.36. The molecule has 1 aromatic carbocycles. The Morgan fingerprint density at radius 3 is 2.50 bits per heavy atom. The molecule has 0 radical (unpaired) electrons. The van der Waals surface area contributed by atoms with Gasteiger partial charge in [0.15, 0.2) is 0 Å². The summed E-state index contributed by atoms with van der Waals surface area (Å²) in [6.45, 7) is 1.68. The summed E-state index contributed by atoms with van der Waals surface area (Å²) in [5.41, 5.74) is 6.14. The van der Waals surface area contributed by atoms with Crippen LogP contribution in [0, 0.1) is 0 Å². The van der Waals surface area contributed by atoms with Crippen molar-refractivity contribution in [3.63, 3.8) is 0 Å². The zero-order valence-corrected chi connectivity index (χ0v) is 17.0. The molecule has 1 fully saturated rings. The molecule has 2 heterocycles. The number of nitrogens with zero attached hydrogens (tertiary/aromatic N) is 4. The molecule has 0 N–H and O–H groups in total. The SMILES string of the molecule is CN(Cc1ccccn1)Cc1cn(C)nc1-c1ccc(C2CCCCC2)cc1. The first kappa shape index (κ1) is 18.9. The summed E-state index contributed by atoms with van der Waals surface area (Å²) in [5, 5.41) is 4.76. The van der Waals surface area contributed by atoms with Gasteiger partial charge in [-0.1, -0.05) is 49.6 Å². The summed E-state index contributed by atoms with van der Waals surface area (Å²) in [6, 6.07) is 15.2. The van der Waals surface area contributed by atoms with E-state index in [9.17, 15) is 0 Å². The smallest absolute Gasteiger partial charge is 0.0968 e. The number of benzene rings is 1. The largest absolute Gasteiger partial charge is 0.296 e. The van der Waals surface area contributed by atoms with Crippen molar-refractivity contribution < 1.29 is 0 Å². The highest BCUT2D eigenvalue weighted by molar-refractivity contribution is 5.63. The minimum Gasteiger partial charge on any atom is -0.296 e. The first-order valence-corrected chi connectivity index (χ1v) is 10.4. The standard InChI is InChI=1S/C24H30N4/c1-27(18-23-10-6-7-15-25-23)16-22-17-28(2)26-24(22)21-13-11-20(12-14-21)19-8-4-3-5-9-19/h6-7,10-15,17,19H,3-5,8-9,16,18H2,1-2H3. The fourth-order valence-electron chi connectivity index (χ4n) is 4.36. The summed E-state index contributed by atoms with van der Waals surface area (Å²) in [7, 11) is 4.14. The zero-order valence-electron chi connectivity index (χ0n) is 17.0. The molecule has 1 aliphatic carbocycles. The van der Waals surface area contributed by atoms with E-state index in [4.69, 9.17) is 5.10 Å². The van der Waals surface area contributed by atoms with Crippen LogP contribution in [0.15, 0.2) is 54.9 Å². The van der Waals surface area contributed by atoms with E-state index in [-0.39, 0.29) is 0 Å². The minimum atomic E-state index is 0.746. The maximum atomic E-state index is 4.76. The summed E-state index contributed by atoms with van der Waals surface area (Å²) in [4.78, 5) is 6.73. The lowest BCUT2D eigenvalue weighted by atomic mass is 9.84. The van der Waals surface area contributed by atoms with Gasteiger partial charge in [-0.15, -0.1) is 0 Å². The quantitative estimate of drug-likeness (QED) is 0.597. The number of hydrogen-bond donors (Lipinski definition) is 0. The van der Waals surface area contributed by atoms with Crippen molar-refractivity contribution in [1.29, 1.82) is 0 Å². The number of pyridine rings is 1. The Hall–Kier alpha value is -2.46. The van der Waals surface area contributed by atoms with Crippen LogP contribution in [0.25, 0.3) is 11.3 Å². The second kappa shape index (κ2) is 8.70. The summed E-state index contributed by atoms with van der Waals surface area (Å²) >= 11 is 0. The molecular formula is C24H30N4. The molecule has 4 nitrogen and oxygen atoms in total. The molecule has 3 aromatic rings. The predicted molar refractivity (Wildman–Crippen MR) is 114 cm³/mol. The van der Waals surface area contributed by atoms with E-state index < -0.39 is 0 Å². The van der Waals surface area contributed by atoms with Crippen molar-refractivity contribution in [1.82, 2.24) is 19.7 Å². The van der Waals surface area contributed by atoms with Crippen LogP contribution in [-0.2, 0) is 20.1 Å². The van der Waals surface area contributed by atoms with Gasteiger partial charge in [-0.2, -0.15) is 5.10 Å². The van der Waals surface area contributed by atoms with Crippen LogP contribution < -0.4 is 0 Å². The average molecular weight is 375 g/mol. The molecule has 0 aliphatic heterocycles. The Balaban J connectivity index is 1.49. The first-order chi connectivity index (χ1) is 13.7. The third-order valence-corrected chi connectivity index (χ3v) is 5.76. The fraction of sp³-hybridized carbons (Fsp3) is 0.417. The van der Waals surface area contributed by atoms with Crippen molar-refractivity contribution >= 4 is 0 Å². The minimum absolute atomic E-state index is 0.746. The van der Waals surface area contributed by atoms with Gasteiger partial charge in [0.05, 0.1) is 11.4 Å². The van der Waals surface area contributed by atoms with Gasteiger partial charge in [0.25, 0.3) is 0 Å². The predicted octanol–water partition coefficient (Wildman–Crippen LogP) is 5.16. The molecule has 0 spiro atoms. The maximum absolute atomic E-state index is 4.76. The van der Waals surface area contributed by atoms with Crippen LogP contribution in [0.1, 0.15) is 54.8 Å². The van der Waals surface area contributed by atoms with Crippen LogP contribution in [-0.4, -0.2) is 26.7 Å². The van der Waals surface area contributed by atoms with Crippen molar-refractivity contribution in [3.8, 4) is 11.3 Å². The van der Waals surface area contributed by atoms with Gasteiger partial charge < -0.3 is 0 Å². The van der Waals surface area contributed by atoms with Gasteiger partial charge in [0, 0.05) is 43.7 Å². The van der Waals surface area contributed by atoms with Gasteiger partial charge >= 0.3 is 0 Å². The summed E-state index contributed by atoms with van der Waals surface area (Å²) in [5.74, 6) is 0.746. The van der Waals surface area contributed by atoms with Crippen molar-refractivity contribution in [3.05, 3.63) is 71.7 Å².